The van der Waals surface area contributed by atoms with Crippen LogP contribution in [0.4, 0.5) is 0 Å². The molecule has 1 aromatic carbocycles. The molecule has 2 rings (SSSR count). The fourth-order valence-electron chi connectivity index (χ4n) is 2.49. The van der Waals surface area contributed by atoms with Crippen LogP contribution in [0.1, 0.15) is 37.2 Å². The van der Waals surface area contributed by atoms with Gasteiger partial charge in [-0.25, -0.2) is 9.97 Å². The number of aryl methyl sites for hydroxylation is 2. The second-order valence-electron chi connectivity index (χ2n) is 6.39. The minimum absolute atomic E-state index is 0.329. The maximum Gasteiger partial charge on any atom is 0.320 e. The van der Waals surface area contributed by atoms with Crippen LogP contribution in [0.3, 0.4) is 0 Å². The zero-order chi connectivity index (χ0) is 17.4. The predicted octanol–water partition coefficient (Wildman–Crippen LogP) is 2.85. The molecule has 0 aliphatic heterocycles. The Morgan fingerprint density at radius 2 is 1.75 bits per heavy atom. The summed E-state index contributed by atoms with van der Waals surface area (Å²) in [6, 6.07) is 9.72. The molecule has 0 bridgehead atoms. The van der Waals surface area contributed by atoms with Crippen molar-refractivity contribution in [3.8, 4) is 0 Å². The second-order valence-corrected chi connectivity index (χ2v) is 6.39. The lowest BCUT2D eigenvalue weighted by atomic mass is 10.0. The number of rotatable bonds is 9. The average molecular weight is 327 g/mol. The molecule has 0 fully saturated rings. The molecule has 128 valence electrons. The monoisotopic (exact) mass is 327 g/mol. The van der Waals surface area contributed by atoms with Crippen molar-refractivity contribution >= 4 is 5.97 Å². The molecule has 2 N–H and O–H groups in total. The number of aromatic nitrogens is 2. The smallest absolute Gasteiger partial charge is 0.320 e. The van der Waals surface area contributed by atoms with Crippen LogP contribution in [0.2, 0.25) is 0 Å². The molecule has 0 aliphatic carbocycles. The van der Waals surface area contributed by atoms with Crippen LogP contribution < -0.4 is 5.32 Å². The third kappa shape index (κ3) is 6.08. The van der Waals surface area contributed by atoms with Crippen molar-refractivity contribution in [2.45, 2.75) is 45.7 Å². The third-order valence-electron chi connectivity index (χ3n) is 3.80. The minimum atomic E-state index is -0.816. The average Bonchev–Trinajstić information content (AvgIpc) is 2.58. The number of nitrogens with one attached hydrogen (secondary N) is 1. The van der Waals surface area contributed by atoms with Crippen LogP contribution in [-0.4, -0.2) is 27.1 Å². The highest BCUT2D eigenvalue weighted by Gasteiger charge is 2.18. The van der Waals surface area contributed by atoms with E-state index in [0.29, 0.717) is 18.9 Å². The zero-order valence-electron chi connectivity index (χ0n) is 14.3. The van der Waals surface area contributed by atoms with Crippen LogP contribution in [0, 0.1) is 5.92 Å². The Kier molecular flexibility index (Phi) is 6.88. The van der Waals surface area contributed by atoms with Crippen LogP contribution in [0.25, 0.3) is 0 Å². The number of benzene rings is 1. The summed E-state index contributed by atoms with van der Waals surface area (Å²) in [5.41, 5.74) is 2.17. The normalized spacial score (nSPS) is 12.3. The number of nitrogens with zero attached hydrogens (tertiary/aromatic N) is 2. The van der Waals surface area contributed by atoms with Crippen LogP contribution in [0.5, 0.6) is 0 Å². The quantitative estimate of drug-likeness (QED) is 0.741. The van der Waals surface area contributed by atoms with Gasteiger partial charge in [0.2, 0.25) is 0 Å². The van der Waals surface area contributed by atoms with Crippen molar-refractivity contribution in [2.75, 3.05) is 0 Å². The van der Waals surface area contributed by atoms with Crippen LogP contribution in [0.15, 0.2) is 42.7 Å². The van der Waals surface area contributed by atoms with Gasteiger partial charge in [0.1, 0.15) is 11.9 Å². The molecule has 1 aromatic heterocycles. The molecule has 0 unspecified atom stereocenters. The number of carbonyl (C=O) groups is 1. The molecule has 0 saturated heterocycles. The molecule has 0 aliphatic rings. The lowest BCUT2D eigenvalue weighted by Gasteiger charge is -2.16. The fraction of sp³-hybridized carbons (Fsp3) is 0.421. The van der Waals surface area contributed by atoms with E-state index in [1.54, 1.807) is 12.4 Å². The number of aliphatic carboxylic acids is 1. The Hall–Kier alpha value is -2.27. The molecule has 0 radical (unpaired) electrons. The van der Waals surface area contributed by atoms with Gasteiger partial charge in [0, 0.05) is 30.9 Å². The van der Waals surface area contributed by atoms with Crippen molar-refractivity contribution in [3.05, 3.63) is 59.7 Å². The van der Waals surface area contributed by atoms with Gasteiger partial charge >= 0.3 is 5.97 Å². The standard InChI is InChI=1S/C19H25N3O2/c1-14(2)10-17(19(23)24)20-11-16-12-21-18(22-13-16)9-8-15-6-4-3-5-7-15/h3-7,12-14,17,20H,8-11H2,1-2H3,(H,23,24)/t17-/m1/s1. The van der Waals surface area contributed by atoms with Gasteiger partial charge in [-0.15, -0.1) is 0 Å². The van der Waals surface area contributed by atoms with E-state index >= 15 is 0 Å². The summed E-state index contributed by atoms with van der Waals surface area (Å²) in [6.07, 6.45) is 5.85. The van der Waals surface area contributed by atoms with Gasteiger partial charge in [-0.2, -0.15) is 0 Å². The summed E-state index contributed by atoms with van der Waals surface area (Å²) < 4.78 is 0. The molecule has 0 amide bonds. The SMILES string of the molecule is CC(C)C[C@@H](NCc1cnc(CCc2ccccc2)nc1)C(=O)O. The van der Waals surface area contributed by atoms with E-state index in [2.05, 4.69) is 27.4 Å². The summed E-state index contributed by atoms with van der Waals surface area (Å²) in [6.45, 7) is 4.49. The van der Waals surface area contributed by atoms with Gasteiger partial charge < -0.3 is 10.4 Å². The number of hydrogen-bond acceptors (Lipinski definition) is 4. The third-order valence-corrected chi connectivity index (χ3v) is 3.80. The Balaban J connectivity index is 1.84. The largest absolute Gasteiger partial charge is 0.480 e. The fourth-order valence-corrected chi connectivity index (χ4v) is 2.49. The van der Waals surface area contributed by atoms with Crippen molar-refractivity contribution in [1.29, 1.82) is 0 Å². The predicted molar refractivity (Wildman–Crippen MR) is 93.6 cm³/mol. The second kappa shape index (κ2) is 9.13. The van der Waals surface area contributed by atoms with E-state index in [1.165, 1.54) is 5.56 Å². The van der Waals surface area contributed by atoms with Gasteiger partial charge in [0.15, 0.2) is 0 Å². The molecule has 1 heterocycles. The van der Waals surface area contributed by atoms with Crippen molar-refractivity contribution in [2.24, 2.45) is 5.92 Å². The van der Waals surface area contributed by atoms with E-state index < -0.39 is 12.0 Å². The van der Waals surface area contributed by atoms with Crippen molar-refractivity contribution in [3.63, 3.8) is 0 Å². The highest BCUT2D eigenvalue weighted by Crippen LogP contribution is 2.07. The summed E-state index contributed by atoms with van der Waals surface area (Å²) >= 11 is 0. The molecule has 5 nitrogen and oxygen atoms in total. The highest BCUT2D eigenvalue weighted by atomic mass is 16.4. The summed E-state index contributed by atoms with van der Waals surface area (Å²) in [5, 5.41) is 12.3. The molecule has 24 heavy (non-hydrogen) atoms. The summed E-state index contributed by atoms with van der Waals surface area (Å²) in [7, 11) is 0. The Bertz CT molecular complexity index is 627. The highest BCUT2D eigenvalue weighted by molar-refractivity contribution is 5.73. The van der Waals surface area contributed by atoms with E-state index in [9.17, 15) is 9.90 Å². The van der Waals surface area contributed by atoms with Crippen molar-refractivity contribution < 1.29 is 9.90 Å². The molecule has 0 saturated carbocycles. The lowest BCUT2D eigenvalue weighted by Crippen LogP contribution is -2.37. The maximum absolute atomic E-state index is 11.2. The number of carboxylic acid groups (broad SMARTS) is 1. The first-order chi connectivity index (χ1) is 11.5. The zero-order valence-corrected chi connectivity index (χ0v) is 14.3. The van der Waals surface area contributed by atoms with Gasteiger partial charge in [-0.05, 0) is 24.3 Å². The first-order valence-corrected chi connectivity index (χ1v) is 8.34. The number of carboxylic acids is 1. The van der Waals surface area contributed by atoms with E-state index in [4.69, 9.17) is 0 Å². The maximum atomic E-state index is 11.2. The lowest BCUT2D eigenvalue weighted by molar-refractivity contribution is -0.140. The summed E-state index contributed by atoms with van der Waals surface area (Å²) in [4.78, 5) is 20.0. The van der Waals surface area contributed by atoms with Crippen LogP contribution in [-0.2, 0) is 24.2 Å². The molecular formula is C19H25N3O2. The Morgan fingerprint density at radius 3 is 2.33 bits per heavy atom. The topological polar surface area (TPSA) is 75.1 Å². The molecule has 1 atom stereocenters. The summed E-state index contributed by atoms with van der Waals surface area (Å²) in [5.74, 6) is 0.318. The first-order valence-electron chi connectivity index (χ1n) is 8.34. The van der Waals surface area contributed by atoms with Crippen LogP contribution >= 0.6 is 0 Å². The van der Waals surface area contributed by atoms with Gasteiger partial charge in [-0.1, -0.05) is 44.2 Å². The van der Waals surface area contributed by atoms with E-state index in [-0.39, 0.29) is 0 Å². The molecule has 5 heteroatoms. The first kappa shape index (κ1) is 18.1. The van der Waals surface area contributed by atoms with Gasteiger partial charge in [-0.3, -0.25) is 4.79 Å². The molecular weight excluding hydrogens is 302 g/mol. The van der Waals surface area contributed by atoms with Gasteiger partial charge in [0.05, 0.1) is 0 Å². The minimum Gasteiger partial charge on any atom is -0.480 e. The molecule has 0 spiro atoms. The Morgan fingerprint density at radius 1 is 1.08 bits per heavy atom. The van der Waals surface area contributed by atoms with Gasteiger partial charge in [0.25, 0.3) is 0 Å². The van der Waals surface area contributed by atoms with E-state index in [1.807, 2.05) is 32.0 Å². The Labute approximate surface area is 143 Å². The van der Waals surface area contributed by atoms with Crippen molar-refractivity contribution in [1.82, 2.24) is 15.3 Å². The van der Waals surface area contributed by atoms with E-state index in [0.717, 1.165) is 24.2 Å². The molecule has 2 aromatic rings. The number of hydrogen-bond donors (Lipinski definition) is 2.